The Bertz CT molecular complexity index is 1100. The van der Waals surface area contributed by atoms with Crippen LogP contribution in [0.3, 0.4) is 0 Å². The summed E-state index contributed by atoms with van der Waals surface area (Å²) in [4.78, 5) is 22.1. The standard InChI is InChI=1S/C17H18BrN3O3S3.ClH/c1-20(2)8-9-21(16(22)13-6-7-15(18)25-13)17-19-12-5-4-11(27(3,23)24)10-14(12)26-17;/h4-7,10H,8-9H2,1-3H3;1H. The van der Waals surface area contributed by atoms with Crippen LogP contribution >= 0.6 is 51.0 Å². The summed E-state index contributed by atoms with van der Waals surface area (Å²) in [5.41, 5.74) is 0.678. The molecule has 1 aromatic carbocycles. The number of carbonyl (C=O) groups excluding carboxylic acids is 1. The van der Waals surface area contributed by atoms with E-state index in [0.29, 0.717) is 28.6 Å². The predicted molar refractivity (Wildman–Crippen MR) is 122 cm³/mol. The van der Waals surface area contributed by atoms with Crippen molar-refractivity contribution in [2.75, 3.05) is 38.3 Å². The summed E-state index contributed by atoms with van der Waals surface area (Å²) in [5.74, 6) is -0.116. The Morgan fingerprint density at radius 1 is 1.14 bits per heavy atom. The number of aromatic nitrogens is 1. The minimum absolute atomic E-state index is 0. The number of carbonyl (C=O) groups is 1. The number of fused-ring (bicyclic) bond motifs is 1. The zero-order valence-electron chi connectivity index (χ0n) is 15.4. The van der Waals surface area contributed by atoms with Gasteiger partial charge in [0.1, 0.15) is 0 Å². The summed E-state index contributed by atoms with van der Waals surface area (Å²) in [6.07, 6.45) is 1.18. The molecule has 0 radical (unpaired) electrons. The third-order valence-corrected chi connectivity index (χ3v) is 7.57. The van der Waals surface area contributed by atoms with Crippen LogP contribution < -0.4 is 4.90 Å². The zero-order valence-corrected chi connectivity index (χ0v) is 20.2. The van der Waals surface area contributed by atoms with Crippen molar-refractivity contribution in [3.8, 4) is 0 Å². The second-order valence-corrected chi connectivity index (χ2v) is 11.7. The first-order valence-corrected chi connectivity index (χ1v) is 12.3. The second kappa shape index (κ2) is 9.19. The van der Waals surface area contributed by atoms with Crippen LogP contribution in [0.25, 0.3) is 10.2 Å². The number of nitrogens with zero attached hydrogens (tertiary/aromatic N) is 3. The highest BCUT2D eigenvalue weighted by Crippen LogP contribution is 2.32. The average Bonchev–Trinajstić information content (AvgIpc) is 3.19. The van der Waals surface area contributed by atoms with Gasteiger partial charge in [0.25, 0.3) is 5.91 Å². The molecule has 0 unspecified atom stereocenters. The Labute approximate surface area is 186 Å². The van der Waals surface area contributed by atoms with Gasteiger partial charge in [-0.05, 0) is 60.4 Å². The van der Waals surface area contributed by atoms with E-state index in [0.717, 1.165) is 8.49 Å². The molecular weight excluding hydrogens is 506 g/mol. The number of hydrogen-bond donors (Lipinski definition) is 0. The lowest BCUT2D eigenvalue weighted by atomic mass is 10.3. The third-order valence-electron chi connectivity index (χ3n) is 3.81. The van der Waals surface area contributed by atoms with Crippen LogP contribution in [0.1, 0.15) is 9.67 Å². The van der Waals surface area contributed by atoms with Gasteiger partial charge in [-0.3, -0.25) is 9.69 Å². The second-order valence-electron chi connectivity index (χ2n) is 6.26. The smallest absolute Gasteiger partial charge is 0.270 e. The van der Waals surface area contributed by atoms with Crippen molar-refractivity contribution in [1.82, 2.24) is 9.88 Å². The van der Waals surface area contributed by atoms with Gasteiger partial charge in [-0.2, -0.15) is 0 Å². The summed E-state index contributed by atoms with van der Waals surface area (Å²) in [7, 11) is 0.596. The topological polar surface area (TPSA) is 70.6 Å². The number of likely N-dealkylation sites (N-methyl/N-ethyl adjacent to an activating group) is 1. The lowest BCUT2D eigenvalue weighted by Crippen LogP contribution is -2.36. The largest absolute Gasteiger partial charge is 0.308 e. The van der Waals surface area contributed by atoms with Gasteiger partial charge in [-0.1, -0.05) is 11.3 Å². The molecule has 0 spiro atoms. The molecule has 0 aliphatic rings. The van der Waals surface area contributed by atoms with Crippen LogP contribution in [0.2, 0.25) is 0 Å². The number of hydrogen-bond acceptors (Lipinski definition) is 7. The van der Waals surface area contributed by atoms with Gasteiger partial charge >= 0.3 is 0 Å². The highest BCUT2D eigenvalue weighted by atomic mass is 79.9. The molecule has 152 valence electrons. The Hall–Kier alpha value is -1.04. The lowest BCUT2D eigenvalue weighted by molar-refractivity contribution is 0.0989. The van der Waals surface area contributed by atoms with Crippen molar-refractivity contribution in [3.05, 3.63) is 39.0 Å². The van der Waals surface area contributed by atoms with Gasteiger partial charge in [0, 0.05) is 19.3 Å². The third kappa shape index (κ3) is 5.31. The molecule has 3 aromatic rings. The van der Waals surface area contributed by atoms with Crippen molar-refractivity contribution < 1.29 is 13.2 Å². The molecule has 0 fully saturated rings. The molecule has 11 heteroatoms. The normalized spacial score (nSPS) is 11.6. The van der Waals surface area contributed by atoms with Crippen LogP contribution in [0, 0.1) is 0 Å². The van der Waals surface area contributed by atoms with Gasteiger partial charge in [-0.15, -0.1) is 23.7 Å². The molecule has 0 aliphatic carbocycles. The van der Waals surface area contributed by atoms with Gasteiger partial charge in [0.15, 0.2) is 15.0 Å². The van der Waals surface area contributed by atoms with Gasteiger partial charge in [0.2, 0.25) is 0 Å². The monoisotopic (exact) mass is 523 g/mol. The minimum atomic E-state index is -3.30. The van der Waals surface area contributed by atoms with E-state index < -0.39 is 9.84 Å². The molecule has 0 aliphatic heterocycles. The summed E-state index contributed by atoms with van der Waals surface area (Å²) >= 11 is 6.09. The maximum Gasteiger partial charge on any atom is 0.270 e. The number of thiophene rings is 1. The average molecular weight is 525 g/mol. The molecule has 0 bridgehead atoms. The Morgan fingerprint density at radius 2 is 1.86 bits per heavy atom. The fourth-order valence-electron chi connectivity index (χ4n) is 2.39. The maximum absolute atomic E-state index is 13.0. The van der Waals surface area contributed by atoms with Gasteiger partial charge < -0.3 is 4.90 Å². The molecule has 2 heterocycles. The molecule has 0 atom stereocenters. The quantitative estimate of drug-likeness (QED) is 0.484. The first kappa shape index (κ1) is 23.2. The Balaban J connectivity index is 0.00000280. The van der Waals surface area contributed by atoms with Crippen molar-refractivity contribution in [3.63, 3.8) is 0 Å². The number of halogens is 2. The molecule has 3 rings (SSSR count). The molecule has 0 saturated heterocycles. The summed E-state index contributed by atoms with van der Waals surface area (Å²) in [6.45, 7) is 1.17. The van der Waals surface area contributed by atoms with Crippen molar-refractivity contribution in [1.29, 1.82) is 0 Å². The van der Waals surface area contributed by atoms with Crippen LogP contribution in [-0.2, 0) is 9.84 Å². The molecule has 1 amide bonds. The van der Waals surface area contributed by atoms with E-state index in [1.165, 1.54) is 28.9 Å². The van der Waals surface area contributed by atoms with Gasteiger partial charge in [0.05, 0.1) is 23.8 Å². The highest BCUT2D eigenvalue weighted by molar-refractivity contribution is 9.11. The van der Waals surface area contributed by atoms with E-state index >= 15 is 0 Å². The van der Waals surface area contributed by atoms with Crippen molar-refractivity contribution in [2.45, 2.75) is 4.90 Å². The number of anilines is 1. The van der Waals surface area contributed by atoms with Crippen molar-refractivity contribution >= 4 is 82.1 Å². The first-order chi connectivity index (χ1) is 12.6. The number of amides is 1. The Kier molecular flexibility index (Phi) is 7.62. The van der Waals surface area contributed by atoms with E-state index in [9.17, 15) is 13.2 Å². The van der Waals surface area contributed by atoms with Crippen LogP contribution in [0.4, 0.5) is 5.13 Å². The molecule has 6 nitrogen and oxygen atoms in total. The van der Waals surface area contributed by atoms with Crippen LogP contribution in [0.5, 0.6) is 0 Å². The first-order valence-electron chi connectivity index (χ1n) is 7.98. The Morgan fingerprint density at radius 3 is 2.43 bits per heavy atom. The van der Waals surface area contributed by atoms with E-state index in [2.05, 4.69) is 20.9 Å². The minimum Gasteiger partial charge on any atom is -0.308 e. The van der Waals surface area contributed by atoms with E-state index in [1.807, 2.05) is 25.1 Å². The number of benzene rings is 1. The van der Waals surface area contributed by atoms with E-state index in [-0.39, 0.29) is 23.2 Å². The van der Waals surface area contributed by atoms with Crippen molar-refractivity contribution in [2.24, 2.45) is 0 Å². The van der Waals surface area contributed by atoms with E-state index in [4.69, 9.17) is 0 Å². The van der Waals surface area contributed by atoms with E-state index in [1.54, 1.807) is 29.2 Å². The van der Waals surface area contributed by atoms with Crippen LogP contribution in [-0.4, -0.2) is 57.6 Å². The van der Waals surface area contributed by atoms with Crippen LogP contribution in [0.15, 0.2) is 39.0 Å². The summed E-state index contributed by atoms with van der Waals surface area (Å²) in [6, 6.07) is 8.47. The highest BCUT2D eigenvalue weighted by Gasteiger charge is 2.23. The summed E-state index contributed by atoms with van der Waals surface area (Å²) in [5, 5.41) is 0.562. The zero-order chi connectivity index (χ0) is 19.8. The maximum atomic E-state index is 13.0. The molecule has 0 N–H and O–H groups in total. The lowest BCUT2D eigenvalue weighted by Gasteiger charge is -2.21. The number of rotatable bonds is 6. The molecule has 28 heavy (non-hydrogen) atoms. The number of sulfone groups is 1. The fraction of sp³-hybridized carbons (Fsp3) is 0.294. The summed E-state index contributed by atoms with van der Waals surface area (Å²) < 4.78 is 25.2. The van der Waals surface area contributed by atoms with Gasteiger partial charge in [-0.25, -0.2) is 13.4 Å². The molecular formula is C17H19BrClN3O3S3. The fourth-order valence-corrected chi connectivity index (χ4v) is 5.47. The molecule has 2 aromatic heterocycles. The SMILES string of the molecule is CN(C)CCN(C(=O)c1ccc(Br)s1)c1nc2ccc(S(C)(=O)=O)cc2s1.Cl. The predicted octanol–water partition coefficient (Wildman–Crippen LogP) is 4.15. The number of thiazole rings is 1. The molecule has 0 saturated carbocycles.